The second-order valence-corrected chi connectivity index (χ2v) is 4.24. The third-order valence-corrected chi connectivity index (χ3v) is 1.82. The Kier molecular flexibility index (Phi) is 4.32. The first-order valence-corrected chi connectivity index (χ1v) is 4.68. The number of nitrogens with two attached hydrogens (primary N) is 1. The summed E-state index contributed by atoms with van der Waals surface area (Å²) in [5, 5.41) is 0. The van der Waals surface area contributed by atoms with Gasteiger partial charge in [0.25, 0.3) is 0 Å². The van der Waals surface area contributed by atoms with Crippen molar-refractivity contribution in [2.24, 2.45) is 5.73 Å². The fourth-order valence-corrected chi connectivity index (χ4v) is 0.604. The lowest BCUT2D eigenvalue weighted by Crippen LogP contribution is -2.38. The van der Waals surface area contributed by atoms with E-state index in [1.165, 1.54) is 0 Å². The SMILES string of the molecule is CSC(C)OCC(C)(C)N. The van der Waals surface area contributed by atoms with Gasteiger partial charge in [-0.25, -0.2) is 0 Å². The number of hydrogen-bond donors (Lipinski definition) is 1. The first-order chi connectivity index (χ1) is 4.45. The van der Waals surface area contributed by atoms with Gasteiger partial charge in [-0.3, -0.25) is 0 Å². The van der Waals surface area contributed by atoms with Crippen molar-refractivity contribution in [2.45, 2.75) is 31.7 Å². The maximum absolute atomic E-state index is 5.70. The largest absolute Gasteiger partial charge is 0.366 e. The van der Waals surface area contributed by atoms with E-state index in [4.69, 9.17) is 10.5 Å². The molecule has 0 spiro atoms. The van der Waals surface area contributed by atoms with Crippen LogP contribution in [0, 0.1) is 0 Å². The van der Waals surface area contributed by atoms with Crippen molar-refractivity contribution < 1.29 is 4.74 Å². The number of rotatable bonds is 4. The zero-order valence-corrected chi connectivity index (χ0v) is 7.99. The molecular weight excluding hydrogens is 146 g/mol. The molecule has 1 unspecified atom stereocenters. The Morgan fingerprint density at radius 2 is 2.10 bits per heavy atom. The predicted molar refractivity (Wildman–Crippen MR) is 47.2 cm³/mol. The molecule has 0 radical (unpaired) electrons. The highest BCUT2D eigenvalue weighted by Crippen LogP contribution is 2.08. The molecule has 1 atom stereocenters. The molecule has 2 nitrogen and oxygen atoms in total. The summed E-state index contributed by atoms with van der Waals surface area (Å²) in [6.07, 6.45) is 2.02. The molecule has 0 aromatic carbocycles. The lowest BCUT2D eigenvalue weighted by atomic mass is 10.1. The van der Waals surface area contributed by atoms with Crippen LogP contribution >= 0.6 is 11.8 Å². The molecular formula is C7H17NOS. The Morgan fingerprint density at radius 3 is 2.40 bits per heavy atom. The van der Waals surface area contributed by atoms with Crippen molar-refractivity contribution in [1.29, 1.82) is 0 Å². The van der Waals surface area contributed by atoms with Gasteiger partial charge in [-0.15, -0.1) is 11.8 Å². The van der Waals surface area contributed by atoms with Crippen LogP contribution in [0.5, 0.6) is 0 Å². The van der Waals surface area contributed by atoms with E-state index in [2.05, 4.69) is 0 Å². The third-order valence-electron chi connectivity index (χ3n) is 1.02. The summed E-state index contributed by atoms with van der Waals surface area (Å²) in [4.78, 5) is 0. The lowest BCUT2D eigenvalue weighted by Gasteiger charge is -2.20. The fraction of sp³-hybridized carbons (Fsp3) is 1.00. The summed E-state index contributed by atoms with van der Waals surface area (Å²) in [5.41, 5.74) is 5.75. The van der Waals surface area contributed by atoms with Gasteiger partial charge >= 0.3 is 0 Å². The van der Waals surface area contributed by atoms with E-state index in [1.54, 1.807) is 11.8 Å². The van der Waals surface area contributed by atoms with Crippen molar-refractivity contribution in [3.05, 3.63) is 0 Å². The zero-order chi connectivity index (χ0) is 8.20. The van der Waals surface area contributed by atoms with Gasteiger partial charge in [-0.1, -0.05) is 0 Å². The van der Waals surface area contributed by atoms with Gasteiger partial charge < -0.3 is 10.5 Å². The van der Waals surface area contributed by atoms with Crippen LogP contribution in [0.4, 0.5) is 0 Å². The fourth-order valence-electron chi connectivity index (χ4n) is 0.400. The second kappa shape index (κ2) is 4.21. The van der Waals surface area contributed by atoms with E-state index in [9.17, 15) is 0 Å². The minimum Gasteiger partial charge on any atom is -0.366 e. The van der Waals surface area contributed by atoms with E-state index in [1.807, 2.05) is 27.0 Å². The van der Waals surface area contributed by atoms with Gasteiger partial charge in [0.2, 0.25) is 0 Å². The molecule has 0 rings (SSSR count). The third kappa shape index (κ3) is 6.39. The monoisotopic (exact) mass is 163 g/mol. The van der Waals surface area contributed by atoms with E-state index in [-0.39, 0.29) is 11.0 Å². The van der Waals surface area contributed by atoms with Crippen LogP contribution in [0.3, 0.4) is 0 Å². The maximum Gasteiger partial charge on any atom is 0.0997 e. The number of hydrogen-bond acceptors (Lipinski definition) is 3. The van der Waals surface area contributed by atoms with Crippen LogP contribution in [0.2, 0.25) is 0 Å². The average Bonchev–Trinajstić information content (AvgIpc) is 1.81. The van der Waals surface area contributed by atoms with Crippen molar-refractivity contribution in [3.8, 4) is 0 Å². The van der Waals surface area contributed by atoms with E-state index in [0.29, 0.717) is 6.61 Å². The minimum atomic E-state index is -0.204. The van der Waals surface area contributed by atoms with E-state index < -0.39 is 0 Å². The summed E-state index contributed by atoms with van der Waals surface area (Å²) in [6.45, 7) is 6.56. The second-order valence-electron chi connectivity index (χ2n) is 3.10. The minimum absolute atomic E-state index is 0.204. The van der Waals surface area contributed by atoms with Crippen LogP contribution in [0.25, 0.3) is 0 Å². The van der Waals surface area contributed by atoms with Crippen molar-refractivity contribution >= 4 is 11.8 Å². The lowest BCUT2D eigenvalue weighted by molar-refractivity contribution is 0.0883. The van der Waals surface area contributed by atoms with E-state index in [0.717, 1.165) is 0 Å². The Labute approximate surface area is 67.5 Å². The topological polar surface area (TPSA) is 35.2 Å². The van der Waals surface area contributed by atoms with Crippen LogP contribution in [0.1, 0.15) is 20.8 Å². The highest BCUT2D eigenvalue weighted by molar-refractivity contribution is 7.99. The highest BCUT2D eigenvalue weighted by atomic mass is 32.2. The summed E-state index contributed by atoms with van der Waals surface area (Å²) in [7, 11) is 0. The molecule has 0 aliphatic rings. The van der Waals surface area contributed by atoms with Crippen molar-refractivity contribution in [3.63, 3.8) is 0 Å². The quantitative estimate of drug-likeness (QED) is 0.637. The molecule has 0 bridgehead atoms. The number of thioether (sulfide) groups is 1. The van der Waals surface area contributed by atoms with Crippen LogP contribution < -0.4 is 5.73 Å². The molecule has 3 heteroatoms. The normalized spacial score (nSPS) is 15.3. The van der Waals surface area contributed by atoms with Crippen LogP contribution in [0.15, 0.2) is 0 Å². The predicted octanol–water partition coefficient (Wildman–Crippen LogP) is 1.45. The Bertz CT molecular complexity index is 90.1. The number of ether oxygens (including phenoxy) is 1. The molecule has 0 saturated heterocycles. The molecule has 0 heterocycles. The molecule has 2 N–H and O–H groups in total. The molecule has 62 valence electrons. The molecule has 0 aliphatic heterocycles. The Balaban J connectivity index is 3.36. The van der Waals surface area contributed by atoms with Gasteiger partial charge in [-0.2, -0.15) is 0 Å². The van der Waals surface area contributed by atoms with Gasteiger partial charge in [0, 0.05) is 5.54 Å². The standard InChI is InChI=1S/C7H17NOS/c1-6(10-4)9-5-7(2,3)8/h6H,5,8H2,1-4H3. The molecule has 0 aromatic rings. The first kappa shape index (κ1) is 10.3. The van der Waals surface area contributed by atoms with Crippen molar-refractivity contribution in [1.82, 2.24) is 0 Å². The molecule has 0 amide bonds. The van der Waals surface area contributed by atoms with Gasteiger partial charge in [0.05, 0.1) is 12.0 Å². The molecule has 0 saturated carbocycles. The first-order valence-electron chi connectivity index (χ1n) is 3.39. The van der Waals surface area contributed by atoms with Gasteiger partial charge in [0.1, 0.15) is 0 Å². The van der Waals surface area contributed by atoms with Crippen LogP contribution in [-0.2, 0) is 4.74 Å². The molecule has 0 fully saturated rings. The summed E-state index contributed by atoms with van der Waals surface area (Å²) < 4.78 is 5.39. The molecule has 0 aromatic heterocycles. The Morgan fingerprint density at radius 1 is 1.60 bits per heavy atom. The molecule has 0 aliphatic carbocycles. The summed E-state index contributed by atoms with van der Waals surface area (Å²) in [5.74, 6) is 0. The van der Waals surface area contributed by atoms with Crippen LogP contribution in [-0.4, -0.2) is 23.8 Å². The maximum atomic E-state index is 5.70. The summed E-state index contributed by atoms with van der Waals surface area (Å²) in [6, 6.07) is 0. The summed E-state index contributed by atoms with van der Waals surface area (Å²) >= 11 is 1.69. The van der Waals surface area contributed by atoms with E-state index >= 15 is 0 Å². The Hall–Kier alpha value is 0.270. The van der Waals surface area contributed by atoms with Gasteiger partial charge in [-0.05, 0) is 27.0 Å². The van der Waals surface area contributed by atoms with Gasteiger partial charge in [0.15, 0.2) is 0 Å². The highest BCUT2D eigenvalue weighted by Gasteiger charge is 2.11. The average molecular weight is 163 g/mol. The van der Waals surface area contributed by atoms with Crippen molar-refractivity contribution in [2.75, 3.05) is 12.9 Å². The zero-order valence-electron chi connectivity index (χ0n) is 7.18. The smallest absolute Gasteiger partial charge is 0.0997 e. The molecule has 10 heavy (non-hydrogen) atoms.